The number of aromatic carboxylic acids is 2. The number of carboxylic acid groups (broad SMARTS) is 2. The fraction of sp³-hybridized carbons (Fsp3) is 0. The topological polar surface area (TPSA) is 87.5 Å². The number of hydrogen-bond donors (Lipinski definition) is 2. The van der Waals surface area contributed by atoms with Gasteiger partial charge in [-0.1, -0.05) is 6.07 Å². The number of carbonyl (C=O) groups is 2. The Morgan fingerprint density at radius 1 is 1.12 bits per heavy atom. The van der Waals surface area contributed by atoms with Crippen LogP contribution >= 0.6 is 11.3 Å². The zero-order chi connectivity index (χ0) is 12.4. The van der Waals surface area contributed by atoms with Crippen LogP contribution < -0.4 is 0 Å². The summed E-state index contributed by atoms with van der Waals surface area (Å²) in [4.78, 5) is 25.3. The van der Waals surface area contributed by atoms with Crippen molar-refractivity contribution in [1.82, 2.24) is 4.98 Å². The van der Waals surface area contributed by atoms with Crippen LogP contribution in [-0.4, -0.2) is 27.1 Å². The van der Waals surface area contributed by atoms with Crippen molar-refractivity contribution in [3.8, 4) is 11.1 Å². The Morgan fingerprint density at radius 3 is 2.35 bits per heavy atom. The van der Waals surface area contributed by atoms with Crippen molar-refractivity contribution in [2.75, 3.05) is 0 Å². The van der Waals surface area contributed by atoms with Crippen LogP contribution in [0.15, 0.2) is 29.8 Å². The molecule has 0 bridgehead atoms. The quantitative estimate of drug-likeness (QED) is 0.870. The number of aromatic nitrogens is 1. The van der Waals surface area contributed by atoms with E-state index in [1.54, 1.807) is 11.4 Å². The third-order valence-electron chi connectivity index (χ3n) is 2.13. The second kappa shape index (κ2) is 4.34. The molecule has 2 heterocycles. The first-order valence-corrected chi connectivity index (χ1v) is 5.47. The van der Waals surface area contributed by atoms with Gasteiger partial charge in [0.05, 0.1) is 0 Å². The molecule has 0 fully saturated rings. The van der Waals surface area contributed by atoms with E-state index in [0.717, 1.165) is 16.9 Å². The average Bonchev–Trinajstić information content (AvgIpc) is 2.78. The molecule has 0 radical (unpaired) electrons. The highest BCUT2D eigenvalue weighted by Crippen LogP contribution is 2.25. The minimum absolute atomic E-state index is 0.0394. The van der Waals surface area contributed by atoms with Gasteiger partial charge in [-0.25, -0.2) is 14.6 Å². The molecule has 2 aromatic heterocycles. The van der Waals surface area contributed by atoms with Gasteiger partial charge in [-0.2, -0.15) is 0 Å². The van der Waals surface area contributed by atoms with Crippen LogP contribution in [0, 0.1) is 0 Å². The van der Waals surface area contributed by atoms with E-state index in [-0.39, 0.29) is 10.6 Å². The van der Waals surface area contributed by atoms with Crippen LogP contribution in [0.4, 0.5) is 0 Å². The predicted octanol–water partition coefficient (Wildman–Crippen LogP) is 2.21. The molecule has 0 aliphatic heterocycles. The van der Waals surface area contributed by atoms with E-state index in [1.807, 2.05) is 0 Å². The summed E-state index contributed by atoms with van der Waals surface area (Å²) in [5.74, 6) is -2.07. The van der Waals surface area contributed by atoms with Gasteiger partial charge >= 0.3 is 11.9 Å². The smallest absolute Gasteiger partial charge is 0.354 e. The number of carboxylic acids is 2. The third kappa shape index (κ3) is 2.31. The van der Waals surface area contributed by atoms with Gasteiger partial charge in [0.2, 0.25) is 0 Å². The normalized spacial score (nSPS) is 10.1. The molecule has 86 valence electrons. The van der Waals surface area contributed by atoms with Crippen LogP contribution in [0.5, 0.6) is 0 Å². The highest BCUT2D eigenvalue weighted by molar-refractivity contribution is 7.12. The molecule has 0 aliphatic carbocycles. The number of rotatable bonds is 3. The standard InChI is InChI=1S/C11H7NO4S/c13-10(14)8-2-1-6(4-12-8)7-3-9(11(15)16)17-5-7/h1-5H,(H,13,14)(H,15,16). The molecular weight excluding hydrogens is 242 g/mol. The number of pyridine rings is 1. The third-order valence-corrected chi connectivity index (χ3v) is 3.04. The van der Waals surface area contributed by atoms with Crippen molar-refractivity contribution < 1.29 is 19.8 Å². The Morgan fingerprint density at radius 2 is 1.88 bits per heavy atom. The van der Waals surface area contributed by atoms with E-state index in [4.69, 9.17) is 10.2 Å². The van der Waals surface area contributed by atoms with E-state index in [2.05, 4.69) is 4.98 Å². The molecule has 2 rings (SSSR count). The lowest BCUT2D eigenvalue weighted by molar-refractivity contribution is 0.0684. The summed E-state index contributed by atoms with van der Waals surface area (Å²) in [6, 6.07) is 4.52. The minimum Gasteiger partial charge on any atom is -0.477 e. The lowest BCUT2D eigenvalue weighted by Gasteiger charge is -1.97. The number of hydrogen-bond acceptors (Lipinski definition) is 4. The van der Waals surface area contributed by atoms with Gasteiger partial charge in [0.25, 0.3) is 0 Å². The van der Waals surface area contributed by atoms with Crippen LogP contribution in [0.1, 0.15) is 20.2 Å². The monoisotopic (exact) mass is 249 g/mol. The Bertz CT molecular complexity index is 573. The Labute approximate surface area is 100.0 Å². The summed E-state index contributed by atoms with van der Waals surface area (Å²) >= 11 is 1.12. The van der Waals surface area contributed by atoms with E-state index < -0.39 is 11.9 Å². The fourth-order valence-corrected chi connectivity index (χ4v) is 2.04. The highest BCUT2D eigenvalue weighted by Gasteiger charge is 2.09. The minimum atomic E-state index is -1.09. The molecule has 0 saturated heterocycles. The molecule has 0 saturated carbocycles. The van der Waals surface area contributed by atoms with E-state index in [1.165, 1.54) is 18.3 Å². The van der Waals surface area contributed by atoms with Gasteiger partial charge in [-0.15, -0.1) is 11.3 Å². The molecule has 2 N–H and O–H groups in total. The van der Waals surface area contributed by atoms with Crippen molar-refractivity contribution in [1.29, 1.82) is 0 Å². The lowest BCUT2D eigenvalue weighted by atomic mass is 10.1. The molecule has 0 spiro atoms. The first kappa shape index (κ1) is 11.3. The summed E-state index contributed by atoms with van der Waals surface area (Å²) in [6.45, 7) is 0. The van der Waals surface area contributed by atoms with Gasteiger partial charge < -0.3 is 10.2 Å². The molecule has 2 aromatic rings. The Kier molecular flexibility index (Phi) is 2.88. The summed E-state index contributed by atoms with van der Waals surface area (Å²) in [6.07, 6.45) is 1.41. The predicted molar refractivity (Wildman–Crippen MR) is 61.5 cm³/mol. The zero-order valence-electron chi connectivity index (χ0n) is 8.45. The molecule has 6 heteroatoms. The molecule has 5 nitrogen and oxygen atoms in total. The summed E-state index contributed by atoms with van der Waals surface area (Å²) in [5.41, 5.74) is 1.37. The van der Waals surface area contributed by atoms with Crippen LogP contribution in [0.2, 0.25) is 0 Å². The summed E-state index contributed by atoms with van der Waals surface area (Å²) in [5, 5.41) is 19.2. The molecular formula is C11H7NO4S. The molecule has 0 atom stereocenters. The van der Waals surface area contributed by atoms with Crippen LogP contribution in [-0.2, 0) is 0 Å². The van der Waals surface area contributed by atoms with Gasteiger partial charge in [0.15, 0.2) is 0 Å². The maximum absolute atomic E-state index is 10.7. The van der Waals surface area contributed by atoms with Crippen molar-refractivity contribution in [3.63, 3.8) is 0 Å². The van der Waals surface area contributed by atoms with Crippen molar-refractivity contribution in [2.45, 2.75) is 0 Å². The molecule has 0 amide bonds. The maximum Gasteiger partial charge on any atom is 0.354 e. The van der Waals surface area contributed by atoms with Crippen molar-refractivity contribution >= 4 is 23.3 Å². The molecule has 0 aliphatic rings. The zero-order valence-corrected chi connectivity index (χ0v) is 9.27. The Hall–Kier alpha value is -2.21. The van der Waals surface area contributed by atoms with Gasteiger partial charge in [0.1, 0.15) is 10.6 Å². The van der Waals surface area contributed by atoms with Gasteiger partial charge in [-0.3, -0.25) is 0 Å². The van der Waals surface area contributed by atoms with Crippen LogP contribution in [0.3, 0.4) is 0 Å². The second-order valence-electron chi connectivity index (χ2n) is 3.24. The highest BCUT2D eigenvalue weighted by atomic mass is 32.1. The van der Waals surface area contributed by atoms with Gasteiger partial charge in [0, 0.05) is 11.8 Å². The van der Waals surface area contributed by atoms with Crippen LogP contribution in [0.25, 0.3) is 11.1 Å². The summed E-state index contributed by atoms with van der Waals surface area (Å²) in [7, 11) is 0. The van der Waals surface area contributed by atoms with E-state index in [9.17, 15) is 9.59 Å². The lowest BCUT2D eigenvalue weighted by Crippen LogP contribution is -1.98. The largest absolute Gasteiger partial charge is 0.477 e. The van der Waals surface area contributed by atoms with E-state index >= 15 is 0 Å². The Balaban J connectivity index is 2.33. The first-order chi connectivity index (χ1) is 8.08. The molecule has 0 aromatic carbocycles. The molecule has 0 unspecified atom stereocenters. The van der Waals surface area contributed by atoms with E-state index in [0.29, 0.717) is 5.56 Å². The fourth-order valence-electron chi connectivity index (χ4n) is 1.29. The number of nitrogens with zero attached hydrogens (tertiary/aromatic N) is 1. The maximum atomic E-state index is 10.7. The SMILES string of the molecule is O=C(O)c1ccc(-c2csc(C(=O)O)c2)cn1. The first-order valence-electron chi connectivity index (χ1n) is 4.59. The second-order valence-corrected chi connectivity index (χ2v) is 4.15. The molecule has 17 heavy (non-hydrogen) atoms. The summed E-state index contributed by atoms with van der Waals surface area (Å²) < 4.78 is 0. The van der Waals surface area contributed by atoms with Crippen molar-refractivity contribution in [2.24, 2.45) is 0 Å². The van der Waals surface area contributed by atoms with Gasteiger partial charge in [-0.05, 0) is 23.1 Å². The van der Waals surface area contributed by atoms with Crippen molar-refractivity contribution in [3.05, 3.63) is 40.3 Å². The number of thiophene rings is 1. The average molecular weight is 249 g/mol.